The predicted molar refractivity (Wildman–Crippen MR) is 344 cm³/mol. The Bertz CT molecular complexity index is 1410. The molecule has 0 aliphatic heterocycles. The maximum absolute atomic E-state index is 13.0. The van der Waals surface area contributed by atoms with Crippen LogP contribution in [-0.4, -0.2) is 37.2 Å². The van der Waals surface area contributed by atoms with E-state index in [9.17, 15) is 14.4 Å². The number of esters is 3. The molecule has 1 unspecified atom stereocenters. The second kappa shape index (κ2) is 67.6. The summed E-state index contributed by atoms with van der Waals surface area (Å²) in [5.74, 6) is -0.922. The topological polar surface area (TPSA) is 78.9 Å². The third-order valence-electron chi connectivity index (χ3n) is 15.5. The van der Waals surface area contributed by atoms with Crippen molar-refractivity contribution in [2.24, 2.45) is 0 Å². The van der Waals surface area contributed by atoms with Gasteiger partial charge in [-0.15, -0.1) is 0 Å². The molecule has 79 heavy (non-hydrogen) atoms. The minimum atomic E-state index is -0.796. The highest BCUT2D eigenvalue weighted by Gasteiger charge is 2.19. The molecule has 0 aliphatic carbocycles. The Labute approximate surface area is 491 Å². The van der Waals surface area contributed by atoms with Gasteiger partial charge in [0.05, 0.1) is 0 Å². The summed E-state index contributed by atoms with van der Waals surface area (Å²) < 4.78 is 16.9. The second-order valence-electron chi connectivity index (χ2n) is 23.4. The van der Waals surface area contributed by atoms with Crippen molar-refractivity contribution in [2.75, 3.05) is 13.2 Å². The van der Waals surface area contributed by atoms with Crippen LogP contribution in [0.4, 0.5) is 0 Å². The standard InChI is InChI=1S/C73H132O6/c1-4-7-10-13-16-19-22-25-28-31-33-35-37-39-42-45-48-51-54-57-60-63-66-72(75)78-69-70(68-77-71(74)65-62-59-56-53-50-47-44-41-30-27-24-21-18-15-12-9-6-3)79-73(76)67-64-61-58-55-52-49-46-43-40-38-36-34-32-29-26-23-20-17-14-11-8-5-2/h9,12,18,21,27,30,44,47,53,56,70H,4-8,10-11,13-17,19-20,22-26,28-29,31-43,45-46,48-52,54-55,57-69H2,1-3H3/b12-9-,21-18-,30-27-,47-44-,56-53-. The van der Waals surface area contributed by atoms with Crippen LogP contribution in [0.2, 0.25) is 0 Å². The summed E-state index contributed by atoms with van der Waals surface area (Å²) in [6.45, 7) is 6.55. The molecular weight excluding hydrogens is 973 g/mol. The van der Waals surface area contributed by atoms with Crippen LogP contribution in [0.5, 0.6) is 0 Å². The molecule has 0 rings (SSSR count). The maximum atomic E-state index is 13.0. The first-order chi connectivity index (χ1) is 39.0. The van der Waals surface area contributed by atoms with Crippen LogP contribution in [-0.2, 0) is 28.6 Å². The summed E-state index contributed by atoms with van der Waals surface area (Å²) in [5.41, 5.74) is 0. The second-order valence-corrected chi connectivity index (χ2v) is 23.4. The SMILES string of the molecule is CC/C=C\C/C=C\C/C=C\C/C=C\C/C=C\CCCC(=O)OCC(COC(=O)CCCCCCCCCCCCCCCCCCCCCCCC)OC(=O)CCCCCCCCCCCCCCCCCCCCCCCC. The summed E-state index contributed by atoms with van der Waals surface area (Å²) in [6, 6.07) is 0. The van der Waals surface area contributed by atoms with E-state index in [1.807, 2.05) is 0 Å². The van der Waals surface area contributed by atoms with Gasteiger partial charge in [0.1, 0.15) is 13.2 Å². The molecule has 0 heterocycles. The Hall–Kier alpha value is -2.89. The fraction of sp³-hybridized carbons (Fsp3) is 0.822. The average molecular weight is 1110 g/mol. The highest BCUT2D eigenvalue weighted by Crippen LogP contribution is 2.18. The summed E-state index contributed by atoms with van der Waals surface area (Å²) in [7, 11) is 0. The molecule has 0 saturated heterocycles. The zero-order valence-electron chi connectivity index (χ0n) is 52.9. The van der Waals surface area contributed by atoms with Crippen molar-refractivity contribution < 1.29 is 28.6 Å². The van der Waals surface area contributed by atoms with Crippen LogP contribution in [0.1, 0.15) is 367 Å². The molecule has 0 bridgehead atoms. The number of ether oxygens (including phenoxy) is 3. The van der Waals surface area contributed by atoms with Crippen LogP contribution in [0.3, 0.4) is 0 Å². The summed E-state index contributed by atoms with van der Waals surface area (Å²) in [6.07, 6.45) is 86.8. The molecule has 0 fully saturated rings. The molecule has 0 aromatic rings. The first-order valence-corrected chi connectivity index (χ1v) is 34.8. The van der Waals surface area contributed by atoms with Crippen molar-refractivity contribution >= 4 is 17.9 Å². The van der Waals surface area contributed by atoms with Crippen molar-refractivity contribution in [3.63, 3.8) is 0 Å². The predicted octanol–water partition coefficient (Wildman–Crippen LogP) is 23.9. The van der Waals surface area contributed by atoms with Gasteiger partial charge in [0.15, 0.2) is 6.10 Å². The lowest BCUT2D eigenvalue weighted by atomic mass is 10.0. The van der Waals surface area contributed by atoms with Gasteiger partial charge in [-0.1, -0.05) is 351 Å². The number of hydrogen-bond acceptors (Lipinski definition) is 6. The minimum Gasteiger partial charge on any atom is -0.462 e. The molecule has 0 amide bonds. The highest BCUT2D eigenvalue weighted by molar-refractivity contribution is 5.71. The van der Waals surface area contributed by atoms with Crippen molar-refractivity contribution in [3.8, 4) is 0 Å². The van der Waals surface area contributed by atoms with Gasteiger partial charge in [-0.05, 0) is 57.8 Å². The number of hydrogen-bond donors (Lipinski definition) is 0. The van der Waals surface area contributed by atoms with E-state index >= 15 is 0 Å². The number of carbonyl (C=O) groups excluding carboxylic acids is 3. The lowest BCUT2D eigenvalue weighted by Gasteiger charge is -2.18. The molecule has 0 spiro atoms. The first-order valence-electron chi connectivity index (χ1n) is 34.8. The summed E-state index contributed by atoms with van der Waals surface area (Å²) in [5, 5.41) is 0. The van der Waals surface area contributed by atoms with E-state index in [1.54, 1.807) is 0 Å². The Morgan fingerprint density at radius 3 is 0.772 bits per heavy atom. The van der Waals surface area contributed by atoms with Crippen molar-refractivity contribution in [1.29, 1.82) is 0 Å². The van der Waals surface area contributed by atoms with Gasteiger partial charge in [0, 0.05) is 19.3 Å². The molecule has 1 atom stereocenters. The van der Waals surface area contributed by atoms with E-state index in [-0.39, 0.29) is 37.5 Å². The van der Waals surface area contributed by atoms with Crippen molar-refractivity contribution in [2.45, 2.75) is 374 Å². The highest BCUT2D eigenvalue weighted by atomic mass is 16.6. The summed E-state index contributed by atoms with van der Waals surface area (Å²) >= 11 is 0. The van der Waals surface area contributed by atoms with Gasteiger partial charge in [-0.3, -0.25) is 14.4 Å². The van der Waals surface area contributed by atoms with Crippen LogP contribution in [0, 0.1) is 0 Å². The molecular formula is C73H132O6. The van der Waals surface area contributed by atoms with Gasteiger partial charge in [-0.2, -0.15) is 0 Å². The number of carbonyl (C=O) groups is 3. The Balaban J connectivity index is 4.35. The molecule has 0 N–H and O–H groups in total. The van der Waals surface area contributed by atoms with Crippen LogP contribution in [0.15, 0.2) is 60.8 Å². The van der Waals surface area contributed by atoms with E-state index < -0.39 is 6.10 Å². The molecule has 6 heteroatoms. The van der Waals surface area contributed by atoms with E-state index in [1.165, 1.54) is 244 Å². The third-order valence-corrected chi connectivity index (χ3v) is 15.5. The van der Waals surface area contributed by atoms with Crippen molar-refractivity contribution in [1.82, 2.24) is 0 Å². The van der Waals surface area contributed by atoms with E-state index in [4.69, 9.17) is 14.2 Å². The van der Waals surface area contributed by atoms with E-state index in [0.29, 0.717) is 19.3 Å². The van der Waals surface area contributed by atoms with E-state index in [2.05, 4.69) is 81.5 Å². The zero-order valence-corrected chi connectivity index (χ0v) is 52.9. The number of allylic oxidation sites excluding steroid dienone is 10. The zero-order chi connectivity index (χ0) is 57.1. The lowest BCUT2D eigenvalue weighted by molar-refractivity contribution is -0.167. The fourth-order valence-corrected chi connectivity index (χ4v) is 10.4. The van der Waals surface area contributed by atoms with Crippen LogP contribution >= 0.6 is 0 Å². The molecule has 0 aromatic heterocycles. The number of unbranched alkanes of at least 4 members (excludes halogenated alkanes) is 43. The lowest BCUT2D eigenvalue weighted by Crippen LogP contribution is -2.30. The van der Waals surface area contributed by atoms with Gasteiger partial charge in [0.25, 0.3) is 0 Å². The number of rotatable bonds is 64. The molecule has 6 nitrogen and oxygen atoms in total. The molecule has 0 radical (unpaired) electrons. The monoisotopic (exact) mass is 1110 g/mol. The minimum absolute atomic E-state index is 0.0868. The molecule has 460 valence electrons. The third kappa shape index (κ3) is 65.8. The quantitative estimate of drug-likeness (QED) is 0.0261. The van der Waals surface area contributed by atoms with E-state index in [0.717, 1.165) is 77.0 Å². The van der Waals surface area contributed by atoms with Crippen molar-refractivity contribution in [3.05, 3.63) is 60.8 Å². The largest absolute Gasteiger partial charge is 0.462 e. The molecule has 0 saturated carbocycles. The summed E-state index contributed by atoms with van der Waals surface area (Å²) in [4.78, 5) is 38.4. The Morgan fingerprint density at radius 2 is 0.494 bits per heavy atom. The maximum Gasteiger partial charge on any atom is 0.306 e. The first kappa shape index (κ1) is 76.1. The van der Waals surface area contributed by atoms with Gasteiger partial charge < -0.3 is 14.2 Å². The molecule has 0 aliphatic rings. The van der Waals surface area contributed by atoms with Crippen LogP contribution in [0.25, 0.3) is 0 Å². The Kier molecular flexibility index (Phi) is 65.1. The van der Waals surface area contributed by atoms with Gasteiger partial charge in [0.2, 0.25) is 0 Å². The molecule has 0 aromatic carbocycles. The van der Waals surface area contributed by atoms with Gasteiger partial charge >= 0.3 is 17.9 Å². The normalized spacial score (nSPS) is 12.4. The Morgan fingerprint density at radius 1 is 0.266 bits per heavy atom. The fourth-order valence-electron chi connectivity index (χ4n) is 10.4. The van der Waals surface area contributed by atoms with Gasteiger partial charge in [-0.25, -0.2) is 0 Å². The smallest absolute Gasteiger partial charge is 0.306 e. The van der Waals surface area contributed by atoms with Crippen LogP contribution < -0.4 is 0 Å². The average Bonchev–Trinajstić information content (AvgIpc) is 3.45.